The number of aliphatic hydroxyl groups is 1. The van der Waals surface area contributed by atoms with Crippen molar-refractivity contribution >= 4 is 5.97 Å². The standard InChI is InChI=1S/C12H18N2O3/c1-8-10(7-13-14(8)2)12(11(16)17)5-3-9(15)4-6-12/h7,9,15H,3-6H2,1-2H3,(H,16,17). The molecule has 1 aromatic rings. The highest BCUT2D eigenvalue weighted by molar-refractivity contribution is 5.81. The number of aliphatic carboxylic acids is 1. The molecule has 0 unspecified atom stereocenters. The molecule has 2 N–H and O–H groups in total. The van der Waals surface area contributed by atoms with Crippen molar-refractivity contribution in [1.82, 2.24) is 9.78 Å². The average molecular weight is 238 g/mol. The summed E-state index contributed by atoms with van der Waals surface area (Å²) < 4.78 is 1.70. The SMILES string of the molecule is Cc1c(C2(C(=O)O)CCC(O)CC2)cnn1C. The Bertz CT molecular complexity index is 431. The van der Waals surface area contributed by atoms with Crippen LogP contribution in [0.4, 0.5) is 0 Å². The topological polar surface area (TPSA) is 75.3 Å². The van der Waals surface area contributed by atoms with Crippen molar-refractivity contribution in [3.8, 4) is 0 Å². The van der Waals surface area contributed by atoms with Crippen LogP contribution in [0.3, 0.4) is 0 Å². The van der Waals surface area contributed by atoms with Gasteiger partial charge in [0.1, 0.15) is 0 Å². The predicted molar refractivity (Wildman–Crippen MR) is 61.7 cm³/mol. The van der Waals surface area contributed by atoms with Crippen LogP contribution in [0.25, 0.3) is 0 Å². The van der Waals surface area contributed by atoms with E-state index in [0.29, 0.717) is 25.7 Å². The third-order valence-corrected chi connectivity index (χ3v) is 3.97. The van der Waals surface area contributed by atoms with Crippen molar-refractivity contribution in [2.24, 2.45) is 7.05 Å². The van der Waals surface area contributed by atoms with Gasteiger partial charge in [0, 0.05) is 18.3 Å². The second-order valence-electron chi connectivity index (χ2n) is 4.89. The lowest BCUT2D eigenvalue weighted by atomic mass is 9.69. The number of carboxylic acids is 1. The average Bonchev–Trinajstić information content (AvgIpc) is 2.62. The van der Waals surface area contributed by atoms with Crippen molar-refractivity contribution in [3.05, 3.63) is 17.5 Å². The van der Waals surface area contributed by atoms with Crippen LogP contribution in [0.1, 0.15) is 36.9 Å². The molecule has 0 saturated heterocycles. The smallest absolute Gasteiger partial charge is 0.314 e. The van der Waals surface area contributed by atoms with Gasteiger partial charge in [-0.3, -0.25) is 9.48 Å². The maximum atomic E-state index is 11.6. The van der Waals surface area contributed by atoms with Gasteiger partial charge in [0.25, 0.3) is 0 Å². The lowest BCUT2D eigenvalue weighted by Crippen LogP contribution is -2.41. The quantitative estimate of drug-likeness (QED) is 0.805. The summed E-state index contributed by atoms with van der Waals surface area (Å²) in [4.78, 5) is 11.6. The van der Waals surface area contributed by atoms with Gasteiger partial charge < -0.3 is 10.2 Å². The van der Waals surface area contributed by atoms with Crippen LogP contribution in [0.2, 0.25) is 0 Å². The maximum Gasteiger partial charge on any atom is 0.314 e. The molecule has 0 aromatic carbocycles. The van der Waals surface area contributed by atoms with E-state index in [4.69, 9.17) is 0 Å². The molecule has 0 atom stereocenters. The first kappa shape index (κ1) is 12.1. The lowest BCUT2D eigenvalue weighted by molar-refractivity contribution is -0.146. The van der Waals surface area contributed by atoms with E-state index in [1.807, 2.05) is 14.0 Å². The van der Waals surface area contributed by atoms with Crippen LogP contribution in [0, 0.1) is 6.92 Å². The number of hydrogen-bond acceptors (Lipinski definition) is 3. The van der Waals surface area contributed by atoms with E-state index in [0.717, 1.165) is 11.3 Å². The fourth-order valence-corrected chi connectivity index (χ4v) is 2.66. The van der Waals surface area contributed by atoms with E-state index in [9.17, 15) is 15.0 Å². The van der Waals surface area contributed by atoms with E-state index < -0.39 is 11.4 Å². The van der Waals surface area contributed by atoms with E-state index in [1.165, 1.54) is 0 Å². The number of aromatic nitrogens is 2. The first-order valence-electron chi connectivity index (χ1n) is 5.88. The number of nitrogens with zero attached hydrogens (tertiary/aromatic N) is 2. The highest BCUT2D eigenvalue weighted by Crippen LogP contribution is 2.41. The summed E-state index contributed by atoms with van der Waals surface area (Å²) in [7, 11) is 1.81. The molecule has 0 bridgehead atoms. The Kier molecular flexibility index (Phi) is 2.95. The molecule has 94 valence electrons. The third-order valence-electron chi connectivity index (χ3n) is 3.97. The van der Waals surface area contributed by atoms with Gasteiger partial charge >= 0.3 is 5.97 Å². The minimum atomic E-state index is -0.864. The molecule has 1 aliphatic rings. The van der Waals surface area contributed by atoms with Crippen molar-refractivity contribution in [3.63, 3.8) is 0 Å². The van der Waals surface area contributed by atoms with Crippen LogP contribution in [-0.2, 0) is 17.3 Å². The fraction of sp³-hybridized carbons (Fsp3) is 0.667. The van der Waals surface area contributed by atoms with Gasteiger partial charge in [-0.25, -0.2) is 0 Å². The van der Waals surface area contributed by atoms with Crippen LogP contribution in [-0.4, -0.2) is 32.1 Å². The molecule has 5 nitrogen and oxygen atoms in total. The first-order valence-corrected chi connectivity index (χ1v) is 5.88. The van der Waals surface area contributed by atoms with Gasteiger partial charge in [-0.05, 0) is 32.6 Å². The predicted octanol–water partition coefficient (Wildman–Crippen LogP) is 0.986. The lowest BCUT2D eigenvalue weighted by Gasteiger charge is -2.35. The monoisotopic (exact) mass is 238 g/mol. The molecule has 0 amide bonds. The van der Waals surface area contributed by atoms with Gasteiger partial charge in [-0.2, -0.15) is 5.10 Å². The van der Waals surface area contributed by atoms with Gasteiger partial charge in [0.15, 0.2) is 0 Å². The van der Waals surface area contributed by atoms with Gasteiger partial charge in [0.2, 0.25) is 0 Å². The van der Waals surface area contributed by atoms with E-state index in [1.54, 1.807) is 10.9 Å². The van der Waals surface area contributed by atoms with Crippen LogP contribution >= 0.6 is 0 Å². The second kappa shape index (κ2) is 4.14. The molecule has 1 heterocycles. The molecule has 0 radical (unpaired) electrons. The van der Waals surface area contributed by atoms with Crippen LogP contribution < -0.4 is 0 Å². The van der Waals surface area contributed by atoms with Gasteiger partial charge in [-0.1, -0.05) is 0 Å². The summed E-state index contributed by atoms with van der Waals surface area (Å²) in [5, 5.41) is 23.2. The molecule has 2 rings (SSSR count). The molecule has 1 fully saturated rings. The Balaban J connectivity index is 2.42. The Morgan fingerprint density at radius 1 is 1.53 bits per heavy atom. The molecule has 0 spiro atoms. The van der Waals surface area contributed by atoms with Crippen molar-refractivity contribution in [2.75, 3.05) is 0 Å². The number of aryl methyl sites for hydroxylation is 1. The normalized spacial score (nSPS) is 29.2. The molecule has 17 heavy (non-hydrogen) atoms. The molecule has 5 heteroatoms. The molecule has 1 saturated carbocycles. The van der Waals surface area contributed by atoms with E-state index in [2.05, 4.69) is 5.10 Å². The van der Waals surface area contributed by atoms with Gasteiger partial charge in [0.05, 0.1) is 17.7 Å². The van der Waals surface area contributed by atoms with E-state index >= 15 is 0 Å². The van der Waals surface area contributed by atoms with Crippen molar-refractivity contribution in [1.29, 1.82) is 0 Å². The van der Waals surface area contributed by atoms with Crippen LogP contribution in [0.5, 0.6) is 0 Å². The largest absolute Gasteiger partial charge is 0.481 e. The Hall–Kier alpha value is -1.36. The zero-order valence-corrected chi connectivity index (χ0v) is 10.2. The van der Waals surface area contributed by atoms with Crippen molar-refractivity contribution < 1.29 is 15.0 Å². The maximum absolute atomic E-state index is 11.6. The molecular formula is C12H18N2O3. The number of carbonyl (C=O) groups is 1. The van der Waals surface area contributed by atoms with Crippen molar-refractivity contribution in [2.45, 2.75) is 44.1 Å². The zero-order valence-electron chi connectivity index (χ0n) is 10.2. The first-order chi connectivity index (χ1) is 7.97. The summed E-state index contributed by atoms with van der Waals surface area (Å²) >= 11 is 0. The molecule has 1 aromatic heterocycles. The summed E-state index contributed by atoms with van der Waals surface area (Å²) in [6.45, 7) is 1.89. The minimum Gasteiger partial charge on any atom is -0.481 e. The highest BCUT2D eigenvalue weighted by Gasteiger charge is 2.45. The van der Waals surface area contributed by atoms with Gasteiger partial charge in [-0.15, -0.1) is 0 Å². The number of rotatable bonds is 2. The zero-order chi connectivity index (χ0) is 12.6. The summed E-state index contributed by atoms with van der Waals surface area (Å²) in [6.07, 6.45) is 3.34. The number of hydrogen-bond donors (Lipinski definition) is 2. The Labute approximate surface area is 100 Å². The third kappa shape index (κ3) is 1.84. The number of carboxylic acid groups (broad SMARTS) is 1. The second-order valence-corrected chi connectivity index (χ2v) is 4.89. The molecule has 0 aliphatic heterocycles. The Morgan fingerprint density at radius 3 is 2.53 bits per heavy atom. The molecular weight excluding hydrogens is 220 g/mol. The fourth-order valence-electron chi connectivity index (χ4n) is 2.66. The summed E-state index contributed by atoms with van der Waals surface area (Å²) in [6, 6.07) is 0. The number of aliphatic hydroxyl groups excluding tert-OH is 1. The minimum absolute atomic E-state index is 0.362. The van der Waals surface area contributed by atoms with Crippen LogP contribution in [0.15, 0.2) is 6.20 Å². The summed E-state index contributed by atoms with van der Waals surface area (Å²) in [5.74, 6) is -0.805. The molecule has 1 aliphatic carbocycles. The Morgan fingerprint density at radius 2 is 2.12 bits per heavy atom. The van der Waals surface area contributed by atoms with E-state index in [-0.39, 0.29) is 6.10 Å². The summed E-state index contributed by atoms with van der Waals surface area (Å²) in [5.41, 5.74) is 0.820. The highest BCUT2D eigenvalue weighted by atomic mass is 16.4.